The number of sulfone groups is 1. The molecule has 2 heterocycles. The average Bonchev–Trinajstić information content (AvgIpc) is 3.18. The summed E-state index contributed by atoms with van der Waals surface area (Å²) in [5, 5.41) is 0. The van der Waals surface area contributed by atoms with Crippen molar-refractivity contribution in [2.75, 3.05) is 51.3 Å². The maximum atomic E-state index is 11.7. The second-order valence-corrected chi connectivity index (χ2v) is 10.9. The monoisotopic (exact) mass is 342 g/mol. The molecule has 0 bridgehead atoms. The third-order valence-corrected chi connectivity index (χ3v) is 7.22. The molecule has 23 heavy (non-hydrogen) atoms. The molecule has 5 heteroatoms. The van der Waals surface area contributed by atoms with E-state index >= 15 is 0 Å². The highest BCUT2D eigenvalue weighted by Crippen LogP contribution is 2.47. The highest BCUT2D eigenvalue weighted by Gasteiger charge is 2.46. The van der Waals surface area contributed by atoms with Crippen molar-refractivity contribution in [3.63, 3.8) is 0 Å². The van der Waals surface area contributed by atoms with Crippen LogP contribution in [0.25, 0.3) is 0 Å². The molecule has 1 saturated carbocycles. The van der Waals surface area contributed by atoms with Gasteiger partial charge in [-0.3, -0.25) is 0 Å². The van der Waals surface area contributed by atoms with Crippen LogP contribution in [-0.2, 0) is 9.84 Å². The second kappa shape index (κ2) is 7.01. The molecule has 1 aliphatic carbocycles. The first-order valence-electron chi connectivity index (χ1n) is 9.46. The van der Waals surface area contributed by atoms with Crippen LogP contribution in [0.4, 0.5) is 0 Å². The van der Waals surface area contributed by atoms with Crippen molar-refractivity contribution < 1.29 is 8.42 Å². The minimum atomic E-state index is -2.85. The summed E-state index contributed by atoms with van der Waals surface area (Å²) in [5.41, 5.74) is 0.0933. The van der Waals surface area contributed by atoms with E-state index in [1.54, 1.807) is 0 Å². The van der Waals surface area contributed by atoms with Crippen LogP contribution < -0.4 is 0 Å². The Morgan fingerprint density at radius 2 is 1.74 bits per heavy atom. The Hall–Kier alpha value is -0.130. The van der Waals surface area contributed by atoms with E-state index < -0.39 is 9.84 Å². The molecule has 3 fully saturated rings. The van der Waals surface area contributed by atoms with Crippen molar-refractivity contribution in [1.29, 1.82) is 0 Å². The zero-order chi connectivity index (χ0) is 16.5. The van der Waals surface area contributed by atoms with E-state index in [1.165, 1.54) is 64.7 Å². The number of hydrogen-bond acceptors (Lipinski definition) is 4. The number of likely N-dealkylation sites (tertiary alicyclic amines) is 2. The second-order valence-electron chi connectivity index (χ2n) is 8.80. The van der Waals surface area contributed by atoms with Gasteiger partial charge in [-0.1, -0.05) is 6.92 Å². The molecule has 0 amide bonds. The minimum absolute atomic E-state index is 0.0933. The predicted molar refractivity (Wildman–Crippen MR) is 95.4 cm³/mol. The molecular formula is C18H34N2O2S. The highest BCUT2D eigenvalue weighted by molar-refractivity contribution is 7.90. The number of rotatable bonds is 6. The first kappa shape index (κ1) is 17.7. The van der Waals surface area contributed by atoms with E-state index in [4.69, 9.17) is 0 Å². The molecule has 1 unspecified atom stereocenters. The Bertz CT molecular complexity index is 493. The molecule has 3 aliphatic rings. The molecule has 0 spiro atoms. The predicted octanol–water partition coefficient (Wildman–Crippen LogP) is 2.26. The van der Waals surface area contributed by atoms with E-state index in [9.17, 15) is 8.42 Å². The summed E-state index contributed by atoms with van der Waals surface area (Å²) < 4.78 is 23.3. The topological polar surface area (TPSA) is 40.6 Å². The molecule has 0 aromatic carbocycles. The summed E-state index contributed by atoms with van der Waals surface area (Å²) in [4.78, 5) is 5.23. The molecular weight excluding hydrogens is 308 g/mol. The Labute approximate surface area is 142 Å². The van der Waals surface area contributed by atoms with Gasteiger partial charge in [0.05, 0.1) is 5.75 Å². The fourth-order valence-corrected chi connectivity index (χ4v) is 6.10. The first-order valence-corrected chi connectivity index (χ1v) is 11.5. The van der Waals surface area contributed by atoms with Crippen LogP contribution in [0.3, 0.4) is 0 Å². The largest absolute Gasteiger partial charge is 0.303 e. The molecule has 0 radical (unpaired) electrons. The quantitative estimate of drug-likeness (QED) is 0.742. The van der Waals surface area contributed by atoms with E-state index in [0.717, 1.165) is 31.2 Å². The van der Waals surface area contributed by atoms with Crippen LogP contribution in [0.2, 0.25) is 0 Å². The molecule has 1 atom stereocenters. The van der Waals surface area contributed by atoms with Gasteiger partial charge < -0.3 is 9.80 Å². The lowest BCUT2D eigenvalue weighted by atomic mass is 9.93. The number of piperidine rings is 2. The van der Waals surface area contributed by atoms with Crippen molar-refractivity contribution in [1.82, 2.24) is 9.80 Å². The SMILES string of the molecule is CC1CCN(CC2CCCN(CC3(CS(C)(=O)=O)CC3)C2)CC1. The van der Waals surface area contributed by atoms with Crippen LogP contribution in [-0.4, -0.2) is 69.5 Å². The fourth-order valence-electron chi connectivity index (χ4n) is 4.61. The molecule has 4 nitrogen and oxygen atoms in total. The number of hydrogen-bond donors (Lipinski definition) is 0. The van der Waals surface area contributed by atoms with E-state index in [-0.39, 0.29) is 5.41 Å². The van der Waals surface area contributed by atoms with Gasteiger partial charge in [0.15, 0.2) is 0 Å². The lowest BCUT2D eigenvalue weighted by Crippen LogP contribution is -2.45. The van der Waals surface area contributed by atoms with E-state index in [2.05, 4.69) is 16.7 Å². The lowest BCUT2D eigenvalue weighted by Gasteiger charge is -2.39. The van der Waals surface area contributed by atoms with Gasteiger partial charge in [-0.05, 0) is 75.4 Å². The third kappa shape index (κ3) is 5.43. The van der Waals surface area contributed by atoms with Gasteiger partial charge in [0, 0.05) is 25.9 Å². The molecule has 0 N–H and O–H groups in total. The maximum Gasteiger partial charge on any atom is 0.148 e. The smallest absolute Gasteiger partial charge is 0.148 e. The van der Waals surface area contributed by atoms with Gasteiger partial charge in [0.1, 0.15) is 9.84 Å². The van der Waals surface area contributed by atoms with Crippen LogP contribution in [0.5, 0.6) is 0 Å². The van der Waals surface area contributed by atoms with Crippen LogP contribution in [0, 0.1) is 17.3 Å². The summed E-state index contributed by atoms with van der Waals surface area (Å²) in [6.07, 6.45) is 8.94. The van der Waals surface area contributed by atoms with Crippen LogP contribution in [0.15, 0.2) is 0 Å². The molecule has 134 valence electrons. The van der Waals surface area contributed by atoms with Gasteiger partial charge in [-0.2, -0.15) is 0 Å². The molecule has 2 saturated heterocycles. The minimum Gasteiger partial charge on any atom is -0.303 e. The lowest BCUT2D eigenvalue weighted by molar-refractivity contribution is 0.102. The molecule has 3 rings (SSSR count). The van der Waals surface area contributed by atoms with Crippen molar-refractivity contribution in [3.8, 4) is 0 Å². The number of nitrogens with zero attached hydrogens (tertiary/aromatic N) is 2. The standard InChI is InChI=1S/C18H34N2O2S/c1-16-5-10-19(11-6-16)12-17-4-3-9-20(13-17)14-18(7-8-18)15-23(2,21)22/h16-17H,3-15H2,1-2H3. The molecule has 2 aliphatic heterocycles. The van der Waals surface area contributed by atoms with E-state index in [0.29, 0.717) is 5.75 Å². The molecule has 0 aromatic heterocycles. The fraction of sp³-hybridized carbons (Fsp3) is 1.00. The zero-order valence-electron chi connectivity index (χ0n) is 15.0. The zero-order valence-corrected chi connectivity index (χ0v) is 15.8. The summed E-state index contributed by atoms with van der Waals surface area (Å²) in [7, 11) is -2.85. The van der Waals surface area contributed by atoms with Crippen LogP contribution >= 0.6 is 0 Å². The van der Waals surface area contributed by atoms with Crippen molar-refractivity contribution in [3.05, 3.63) is 0 Å². The van der Waals surface area contributed by atoms with Crippen LogP contribution in [0.1, 0.15) is 45.4 Å². The molecule has 0 aromatic rings. The van der Waals surface area contributed by atoms with Gasteiger partial charge >= 0.3 is 0 Å². The van der Waals surface area contributed by atoms with E-state index in [1.807, 2.05) is 0 Å². The Morgan fingerprint density at radius 1 is 1.04 bits per heavy atom. The van der Waals surface area contributed by atoms with Crippen molar-refractivity contribution >= 4 is 9.84 Å². The Balaban J connectivity index is 1.47. The normalized spacial score (nSPS) is 30.4. The van der Waals surface area contributed by atoms with Gasteiger partial charge in [0.25, 0.3) is 0 Å². The summed E-state index contributed by atoms with van der Waals surface area (Å²) >= 11 is 0. The average molecular weight is 343 g/mol. The third-order valence-electron chi connectivity index (χ3n) is 6.08. The van der Waals surface area contributed by atoms with Crippen molar-refractivity contribution in [2.24, 2.45) is 17.3 Å². The Morgan fingerprint density at radius 3 is 2.35 bits per heavy atom. The summed E-state index contributed by atoms with van der Waals surface area (Å²) in [5.74, 6) is 2.08. The summed E-state index contributed by atoms with van der Waals surface area (Å²) in [6.45, 7) is 9.52. The van der Waals surface area contributed by atoms with Gasteiger partial charge in [-0.15, -0.1) is 0 Å². The first-order chi connectivity index (χ1) is 10.8. The Kier molecular flexibility index (Phi) is 5.39. The van der Waals surface area contributed by atoms with Crippen molar-refractivity contribution in [2.45, 2.75) is 45.4 Å². The van der Waals surface area contributed by atoms with Gasteiger partial charge in [0.2, 0.25) is 0 Å². The highest BCUT2D eigenvalue weighted by atomic mass is 32.2. The van der Waals surface area contributed by atoms with Gasteiger partial charge in [-0.25, -0.2) is 8.42 Å². The maximum absolute atomic E-state index is 11.7. The summed E-state index contributed by atoms with van der Waals surface area (Å²) in [6, 6.07) is 0.